The Morgan fingerprint density at radius 3 is 2.90 bits per heavy atom. The van der Waals surface area contributed by atoms with Crippen molar-refractivity contribution in [2.45, 2.75) is 31.6 Å². The van der Waals surface area contributed by atoms with Gasteiger partial charge in [0.25, 0.3) is 5.91 Å². The fourth-order valence-corrected chi connectivity index (χ4v) is 3.13. The number of nitrogens with two attached hydrogens (primary N) is 1. The Morgan fingerprint density at radius 1 is 1.33 bits per heavy atom. The minimum Gasteiger partial charge on any atom is -0.364 e. The van der Waals surface area contributed by atoms with E-state index in [1.807, 2.05) is 23.1 Å². The molecule has 0 bridgehead atoms. The highest BCUT2D eigenvalue weighted by atomic mass is 16.5. The highest BCUT2D eigenvalue weighted by Crippen LogP contribution is 2.28. The number of anilines is 1. The standard InChI is InChI=1S/C16H23N3O2/c1-18-8-9-19(14-5-3-2-4-12(14)11-18)16(20)15-7-6-13(10-17)21-15/h2-5,13,15H,6-11,17H2,1H3/t13-,15+/m1/s1. The van der Waals surface area contributed by atoms with Crippen molar-refractivity contribution in [3.8, 4) is 0 Å². The number of nitrogens with zero attached hydrogens (tertiary/aromatic N) is 2. The van der Waals surface area contributed by atoms with Gasteiger partial charge in [-0.2, -0.15) is 0 Å². The van der Waals surface area contributed by atoms with Crippen LogP contribution < -0.4 is 10.6 Å². The first-order valence-electron chi connectivity index (χ1n) is 7.62. The van der Waals surface area contributed by atoms with Gasteiger partial charge in [0, 0.05) is 31.9 Å². The number of fused-ring (bicyclic) bond motifs is 1. The third-order valence-corrected chi connectivity index (χ3v) is 4.34. The summed E-state index contributed by atoms with van der Waals surface area (Å²) in [5, 5.41) is 0. The van der Waals surface area contributed by atoms with Gasteiger partial charge >= 0.3 is 0 Å². The second kappa shape index (κ2) is 6.13. The van der Waals surface area contributed by atoms with Gasteiger partial charge in [-0.1, -0.05) is 18.2 Å². The Labute approximate surface area is 125 Å². The first-order chi connectivity index (χ1) is 10.2. The molecule has 2 N–H and O–H groups in total. The second-order valence-electron chi connectivity index (χ2n) is 5.92. The van der Waals surface area contributed by atoms with E-state index in [0.29, 0.717) is 13.1 Å². The number of ether oxygens (including phenoxy) is 1. The maximum atomic E-state index is 12.8. The Hall–Kier alpha value is -1.43. The molecular weight excluding hydrogens is 266 g/mol. The normalized spacial score (nSPS) is 26.5. The van der Waals surface area contributed by atoms with Gasteiger partial charge in [-0.05, 0) is 31.5 Å². The van der Waals surface area contributed by atoms with E-state index in [4.69, 9.17) is 10.5 Å². The largest absolute Gasteiger partial charge is 0.364 e. The third kappa shape index (κ3) is 2.95. The van der Waals surface area contributed by atoms with Crippen LogP contribution in [0, 0.1) is 0 Å². The average molecular weight is 289 g/mol. The van der Waals surface area contributed by atoms with E-state index >= 15 is 0 Å². The van der Waals surface area contributed by atoms with Crippen LogP contribution in [0.25, 0.3) is 0 Å². The van der Waals surface area contributed by atoms with Crippen molar-refractivity contribution in [3.05, 3.63) is 29.8 Å². The summed E-state index contributed by atoms with van der Waals surface area (Å²) < 4.78 is 5.78. The minimum absolute atomic E-state index is 0.0313. The average Bonchev–Trinajstić information content (AvgIpc) is 2.91. The van der Waals surface area contributed by atoms with Crippen LogP contribution in [0.15, 0.2) is 24.3 Å². The SMILES string of the molecule is CN1CCN(C(=O)[C@@H]2CC[C@H](CN)O2)c2ccccc2C1. The molecule has 2 heterocycles. The molecule has 1 aromatic rings. The van der Waals surface area contributed by atoms with E-state index in [1.165, 1.54) is 5.56 Å². The molecule has 114 valence electrons. The quantitative estimate of drug-likeness (QED) is 0.881. The number of hydrogen-bond donors (Lipinski definition) is 1. The Bertz CT molecular complexity index is 520. The third-order valence-electron chi connectivity index (χ3n) is 4.34. The van der Waals surface area contributed by atoms with Crippen LogP contribution in [0.5, 0.6) is 0 Å². The number of para-hydroxylation sites is 1. The number of carbonyl (C=O) groups excluding carboxylic acids is 1. The monoisotopic (exact) mass is 289 g/mol. The lowest BCUT2D eigenvalue weighted by Gasteiger charge is -2.25. The summed E-state index contributed by atoms with van der Waals surface area (Å²) in [6.07, 6.45) is 1.34. The Balaban J connectivity index is 1.83. The Kier molecular flexibility index (Phi) is 4.24. The van der Waals surface area contributed by atoms with E-state index in [9.17, 15) is 4.79 Å². The molecule has 1 saturated heterocycles. The van der Waals surface area contributed by atoms with Crippen molar-refractivity contribution < 1.29 is 9.53 Å². The van der Waals surface area contributed by atoms with Gasteiger partial charge in [-0.15, -0.1) is 0 Å². The molecule has 0 radical (unpaired) electrons. The van der Waals surface area contributed by atoms with Crippen molar-refractivity contribution in [1.82, 2.24) is 4.90 Å². The number of benzene rings is 1. The summed E-state index contributed by atoms with van der Waals surface area (Å²) in [7, 11) is 2.08. The predicted molar refractivity (Wildman–Crippen MR) is 82.1 cm³/mol. The number of hydrogen-bond acceptors (Lipinski definition) is 4. The molecule has 1 amide bonds. The number of carbonyl (C=O) groups is 1. The molecule has 0 aromatic heterocycles. The number of likely N-dealkylation sites (N-methyl/N-ethyl adjacent to an activating group) is 1. The highest BCUT2D eigenvalue weighted by molar-refractivity contribution is 5.97. The Morgan fingerprint density at radius 2 is 2.14 bits per heavy atom. The molecule has 2 aliphatic heterocycles. The number of rotatable bonds is 2. The van der Waals surface area contributed by atoms with Crippen molar-refractivity contribution in [3.63, 3.8) is 0 Å². The lowest BCUT2D eigenvalue weighted by Crippen LogP contribution is -2.42. The summed E-state index contributed by atoms with van der Waals surface area (Å²) in [6.45, 7) is 2.94. The van der Waals surface area contributed by atoms with E-state index in [1.54, 1.807) is 0 Å². The summed E-state index contributed by atoms with van der Waals surface area (Å²) >= 11 is 0. The topological polar surface area (TPSA) is 58.8 Å². The zero-order valence-electron chi connectivity index (χ0n) is 12.5. The van der Waals surface area contributed by atoms with Crippen LogP contribution in [0.3, 0.4) is 0 Å². The molecule has 21 heavy (non-hydrogen) atoms. The molecule has 2 atom stereocenters. The van der Waals surface area contributed by atoms with Crippen LogP contribution in [0.1, 0.15) is 18.4 Å². The first-order valence-corrected chi connectivity index (χ1v) is 7.62. The maximum Gasteiger partial charge on any atom is 0.256 e. The molecule has 0 spiro atoms. The highest BCUT2D eigenvalue weighted by Gasteiger charge is 2.34. The minimum atomic E-state index is -0.338. The summed E-state index contributed by atoms with van der Waals surface area (Å²) in [6, 6.07) is 8.14. The van der Waals surface area contributed by atoms with Gasteiger partial charge < -0.3 is 20.3 Å². The van der Waals surface area contributed by atoms with E-state index in [-0.39, 0.29) is 18.1 Å². The smallest absolute Gasteiger partial charge is 0.256 e. The van der Waals surface area contributed by atoms with Crippen LogP contribution in [-0.2, 0) is 16.1 Å². The fraction of sp³-hybridized carbons (Fsp3) is 0.562. The first kappa shape index (κ1) is 14.5. The molecular formula is C16H23N3O2. The summed E-state index contributed by atoms with van der Waals surface area (Å²) in [4.78, 5) is 17.0. The lowest BCUT2D eigenvalue weighted by atomic mass is 10.1. The van der Waals surface area contributed by atoms with E-state index < -0.39 is 0 Å². The van der Waals surface area contributed by atoms with Crippen LogP contribution in [0.2, 0.25) is 0 Å². The zero-order chi connectivity index (χ0) is 14.8. The second-order valence-corrected chi connectivity index (χ2v) is 5.92. The van der Waals surface area contributed by atoms with Crippen LogP contribution >= 0.6 is 0 Å². The molecule has 3 rings (SSSR count). The molecule has 0 saturated carbocycles. The van der Waals surface area contributed by atoms with Crippen molar-refractivity contribution in [1.29, 1.82) is 0 Å². The molecule has 2 aliphatic rings. The van der Waals surface area contributed by atoms with Gasteiger partial charge in [0.15, 0.2) is 0 Å². The van der Waals surface area contributed by atoms with Gasteiger partial charge in [0.05, 0.1) is 6.10 Å². The van der Waals surface area contributed by atoms with E-state index in [0.717, 1.165) is 31.6 Å². The van der Waals surface area contributed by atoms with Gasteiger partial charge in [0.2, 0.25) is 0 Å². The van der Waals surface area contributed by atoms with Crippen molar-refractivity contribution in [2.24, 2.45) is 5.73 Å². The van der Waals surface area contributed by atoms with Gasteiger partial charge in [0.1, 0.15) is 6.10 Å². The van der Waals surface area contributed by atoms with Gasteiger partial charge in [-0.3, -0.25) is 4.79 Å². The number of amides is 1. The zero-order valence-corrected chi connectivity index (χ0v) is 12.5. The molecule has 0 unspecified atom stereocenters. The van der Waals surface area contributed by atoms with Crippen LogP contribution in [-0.4, -0.2) is 49.7 Å². The predicted octanol–water partition coefficient (Wildman–Crippen LogP) is 0.971. The molecule has 5 heteroatoms. The van der Waals surface area contributed by atoms with Crippen LogP contribution in [0.4, 0.5) is 5.69 Å². The van der Waals surface area contributed by atoms with E-state index in [2.05, 4.69) is 18.0 Å². The fourth-order valence-electron chi connectivity index (χ4n) is 3.13. The summed E-state index contributed by atoms with van der Waals surface area (Å²) in [5.74, 6) is 0.0775. The summed E-state index contributed by atoms with van der Waals surface area (Å²) in [5.41, 5.74) is 7.85. The van der Waals surface area contributed by atoms with Crippen molar-refractivity contribution in [2.75, 3.05) is 31.6 Å². The molecule has 1 aromatic carbocycles. The molecule has 1 fully saturated rings. The lowest BCUT2D eigenvalue weighted by molar-refractivity contribution is -0.129. The van der Waals surface area contributed by atoms with Gasteiger partial charge in [-0.25, -0.2) is 0 Å². The van der Waals surface area contributed by atoms with Crippen molar-refractivity contribution >= 4 is 11.6 Å². The molecule has 0 aliphatic carbocycles. The molecule has 5 nitrogen and oxygen atoms in total. The maximum absolute atomic E-state index is 12.8.